The third kappa shape index (κ3) is 16.0. The van der Waals surface area contributed by atoms with Crippen LogP contribution in [0, 0.1) is 0 Å². The van der Waals surface area contributed by atoms with Gasteiger partial charge in [0.1, 0.15) is 0 Å². The van der Waals surface area contributed by atoms with Gasteiger partial charge in [-0.3, -0.25) is 0 Å². The highest BCUT2D eigenvalue weighted by Gasteiger charge is 2.04. The third-order valence-electron chi connectivity index (χ3n) is 6.78. The number of aromatic nitrogens is 1. The Kier molecular flexibility index (Phi) is 19.6. The van der Waals surface area contributed by atoms with Crippen LogP contribution in [0.1, 0.15) is 160 Å². The van der Waals surface area contributed by atoms with Crippen molar-refractivity contribution in [2.75, 3.05) is 0 Å². The normalized spacial score (nSPS) is 11.4. The number of rotatable bonds is 23. The van der Waals surface area contributed by atoms with E-state index in [9.17, 15) is 0 Å². The average Bonchev–Trinajstić information content (AvgIpc) is 3.20. The molecule has 0 spiro atoms. The summed E-state index contributed by atoms with van der Waals surface area (Å²) in [6.07, 6.45) is 37.2. The van der Waals surface area contributed by atoms with Gasteiger partial charge in [0, 0.05) is 12.4 Å². The lowest BCUT2D eigenvalue weighted by Crippen LogP contribution is -1.92. The molecule has 0 aliphatic heterocycles. The van der Waals surface area contributed by atoms with E-state index in [2.05, 4.69) is 31.2 Å². The maximum Gasteiger partial charge on any atom is 0.00401 e. The van der Waals surface area contributed by atoms with Crippen LogP contribution in [-0.4, -0.2) is 4.98 Å². The summed E-state index contributed by atoms with van der Waals surface area (Å²) in [4.78, 5) is 3.37. The number of H-pyrrole nitrogens is 1. The van der Waals surface area contributed by atoms with Crippen LogP contribution in [0.4, 0.5) is 0 Å². The van der Waals surface area contributed by atoms with E-state index >= 15 is 0 Å². The van der Waals surface area contributed by atoms with Gasteiger partial charge in [-0.1, -0.05) is 136 Å². The van der Waals surface area contributed by atoms with Crippen LogP contribution in [-0.2, 0) is 12.8 Å². The summed E-state index contributed by atoms with van der Waals surface area (Å²) >= 11 is 0. The van der Waals surface area contributed by atoms with Crippen molar-refractivity contribution in [3.63, 3.8) is 0 Å². The van der Waals surface area contributed by atoms with Crippen molar-refractivity contribution in [2.45, 2.75) is 162 Å². The Morgan fingerprint density at radius 2 is 0.667 bits per heavy atom. The van der Waals surface area contributed by atoms with Crippen LogP contribution in [0.15, 0.2) is 12.4 Å². The van der Waals surface area contributed by atoms with Gasteiger partial charge in [-0.25, -0.2) is 0 Å². The molecule has 176 valence electrons. The van der Waals surface area contributed by atoms with Gasteiger partial charge in [0.15, 0.2) is 0 Å². The first-order valence-electron chi connectivity index (χ1n) is 14.0. The molecule has 0 aromatic carbocycles. The lowest BCUT2D eigenvalue weighted by molar-refractivity contribution is 0.535. The van der Waals surface area contributed by atoms with E-state index in [0.29, 0.717) is 0 Å². The molecule has 0 bridgehead atoms. The van der Waals surface area contributed by atoms with Crippen molar-refractivity contribution in [2.24, 2.45) is 0 Å². The van der Waals surface area contributed by atoms with Crippen molar-refractivity contribution >= 4 is 0 Å². The van der Waals surface area contributed by atoms with E-state index in [1.54, 1.807) is 11.1 Å². The Balaban J connectivity index is 1.89. The molecule has 0 amide bonds. The smallest absolute Gasteiger partial charge is 0.00401 e. The standard InChI is InChI=1S/C29H55N/c1-3-5-7-9-11-12-13-14-15-16-17-19-21-23-25-29-27-30-26-28(29)24-22-20-18-10-8-6-4-2/h26-27,30H,3-25H2,1-2H3. The van der Waals surface area contributed by atoms with Gasteiger partial charge in [-0.05, 0) is 36.8 Å². The molecule has 1 aromatic rings. The van der Waals surface area contributed by atoms with Gasteiger partial charge in [0.05, 0.1) is 0 Å². The summed E-state index contributed by atoms with van der Waals surface area (Å²) in [7, 11) is 0. The van der Waals surface area contributed by atoms with Crippen LogP contribution < -0.4 is 0 Å². The molecule has 0 fully saturated rings. The molecule has 1 heteroatoms. The fraction of sp³-hybridized carbons (Fsp3) is 0.862. The summed E-state index contributed by atoms with van der Waals surface area (Å²) in [6.45, 7) is 4.60. The number of unbranched alkanes of at least 4 members (excludes halogenated alkanes) is 19. The Hall–Kier alpha value is -0.720. The summed E-state index contributed by atoms with van der Waals surface area (Å²) < 4.78 is 0. The average molecular weight is 418 g/mol. The molecule has 1 N–H and O–H groups in total. The Bertz CT molecular complexity index is 447. The van der Waals surface area contributed by atoms with Gasteiger partial charge in [0.25, 0.3) is 0 Å². The van der Waals surface area contributed by atoms with Crippen LogP contribution >= 0.6 is 0 Å². The lowest BCUT2D eigenvalue weighted by Gasteiger charge is -2.05. The lowest BCUT2D eigenvalue weighted by atomic mass is 10.00. The second kappa shape index (κ2) is 21.5. The second-order valence-electron chi connectivity index (χ2n) is 9.72. The predicted octanol–water partition coefficient (Wildman–Crippen LogP) is 10.3. The van der Waals surface area contributed by atoms with Gasteiger partial charge in [-0.2, -0.15) is 0 Å². The monoisotopic (exact) mass is 417 g/mol. The molecular formula is C29H55N. The molecule has 0 radical (unpaired) electrons. The highest BCUT2D eigenvalue weighted by atomic mass is 14.6. The van der Waals surface area contributed by atoms with Crippen LogP contribution in [0.25, 0.3) is 0 Å². The van der Waals surface area contributed by atoms with Gasteiger partial charge in [0.2, 0.25) is 0 Å². The van der Waals surface area contributed by atoms with Gasteiger partial charge in [-0.15, -0.1) is 0 Å². The first-order chi connectivity index (χ1) is 14.9. The fourth-order valence-corrected chi connectivity index (χ4v) is 4.68. The van der Waals surface area contributed by atoms with E-state index < -0.39 is 0 Å². The van der Waals surface area contributed by atoms with E-state index in [-0.39, 0.29) is 0 Å². The summed E-state index contributed by atoms with van der Waals surface area (Å²) in [6, 6.07) is 0. The van der Waals surface area contributed by atoms with Crippen molar-refractivity contribution < 1.29 is 0 Å². The minimum atomic E-state index is 1.28. The largest absolute Gasteiger partial charge is 0.367 e. The van der Waals surface area contributed by atoms with Gasteiger partial charge < -0.3 is 4.98 Å². The minimum Gasteiger partial charge on any atom is -0.367 e. The highest BCUT2D eigenvalue weighted by molar-refractivity contribution is 5.23. The third-order valence-corrected chi connectivity index (χ3v) is 6.78. The highest BCUT2D eigenvalue weighted by Crippen LogP contribution is 2.18. The topological polar surface area (TPSA) is 15.8 Å². The maximum absolute atomic E-state index is 3.37. The van der Waals surface area contributed by atoms with Crippen LogP contribution in [0.3, 0.4) is 0 Å². The zero-order valence-corrected chi connectivity index (χ0v) is 20.9. The first-order valence-corrected chi connectivity index (χ1v) is 14.0. The molecule has 0 aliphatic carbocycles. The van der Waals surface area contributed by atoms with Crippen molar-refractivity contribution in [3.05, 3.63) is 23.5 Å². The molecule has 1 rings (SSSR count). The number of aromatic amines is 1. The quantitative estimate of drug-likeness (QED) is 0.170. The maximum atomic E-state index is 3.37. The molecular weight excluding hydrogens is 362 g/mol. The Labute approximate surface area is 190 Å². The van der Waals surface area contributed by atoms with E-state index in [0.717, 1.165) is 0 Å². The summed E-state index contributed by atoms with van der Waals surface area (Å²) in [5.41, 5.74) is 3.19. The predicted molar refractivity (Wildman–Crippen MR) is 137 cm³/mol. The SMILES string of the molecule is CCCCCCCCCCCCCCCCc1c[nH]cc1CCCCCCCCC. The van der Waals surface area contributed by atoms with Crippen molar-refractivity contribution in [1.82, 2.24) is 4.98 Å². The zero-order valence-electron chi connectivity index (χ0n) is 20.9. The molecule has 1 heterocycles. The molecule has 0 atom stereocenters. The molecule has 0 unspecified atom stereocenters. The van der Waals surface area contributed by atoms with Crippen molar-refractivity contribution in [3.8, 4) is 0 Å². The van der Waals surface area contributed by atoms with Crippen molar-refractivity contribution in [1.29, 1.82) is 0 Å². The van der Waals surface area contributed by atoms with E-state index in [1.165, 1.54) is 148 Å². The molecule has 0 saturated heterocycles. The fourth-order valence-electron chi connectivity index (χ4n) is 4.68. The molecule has 1 nitrogen and oxygen atoms in total. The summed E-state index contributed by atoms with van der Waals surface area (Å²) in [5.74, 6) is 0. The molecule has 30 heavy (non-hydrogen) atoms. The Morgan fingerprint density at radius 1 is 0.400 bits per heavy atom. The zero-order chi connectivity index (χ0) is 21.5. The van der Waals surface area contributed by atoms with E-state index in [1.807, 2.05) is 0 Å². The Morgan fingerprint density at radius 3 is 0.967 bits per heavy atom. The second-order valence-corrected chi connectivity index (χ2v) is 9.72. The molecule has 0 aliphatic rings. The molecule has 1 aromatic heterocycles. The van der Waals surface area contributed by atoms with Crippen LogP contribution in [0.2, 0.25) is 0 Å². The molecule has 0 saturated carbocycles. The summed E-state index contributed by atoms with van der Waals surface area (Å²) in [5, 5.41) is 0. The van der Waals surface area contributed by atoms with Gasteiger partial charge >= 0.3 is 0 Å². The first kappa shape index (κ1) is 27.3. The number of nitrogens with one attached hydrogen (secondary N) is 1. The number of hydrogen-bond donors (Lipinski definition) is 1. The minimum absolute atomic E-state index is 1.28. The van der Waals surface area contributed by atoms with Crippen LogP contribution in [0.5, 0.6) is 0 Å². The number of aryl methyl sites for hydroxylation is 2. The number of hydrogen-bond acceptors (Lipinski definition) is 0. The van der Waals surface area contributed by atoms with E-state index in [4.69, 9.17) is 0 Å².